The van der Waals surface area contributed by atoms with Crippen molar-refractivity contribution in [3.8, 4) is 0 Å². The highest BCUT2D eigenvalue weighted by atomic mass is 16.5. The molecule has 0 aliphatic carbocycles. The second kappa shape index (κ2) is 1.70. The Morgan fingerprint density at radius 3 is 2.44 bits per heavy atom. The van der Waals surface area contributed by atoms with Gasteiger partial charge in [0, 0.05) is 0 Å². The van der Waals surface area contributed by atoms with Crippen LogP contribution in [-0.2, 0) is 9.53 Å². The molecule has 2 bridgehead atoms. The smallest absolute Gasteiger partial charge is 0.210 e. The van der Waals surface area contributed by atoms with Gasteiger partial charge in [-0.25, -0.2) is 0 Å². The van der Waals surface area contributed by atoms with E-state index in [1.807, 2.05) is 4.90 Å². The first-order valence-corrected chi connectivity index (χ1v) is 3.22. The Hall–Kier alpha value is -0.570. The van der Waals surface area contributed by atoms with Gasteiger partial charge in [0.1, 0.15) is 0 Å². The summed E-state index contributed by atoms with van der Waals surface area (Å²) >= 11 is 0. The maximum absolute atomic E-state index is 10.3. The third kappa shape index (κ3) is 0.580. The van der Waals surface area contributed by atoms with E-state index in [0.717, 1.165) is 26.0 Å². The van der Waals surface area contributed by atoms with E-state index in [1.54, 1.807) is 0 Å². The third-order valence-corrected chi connectivity index (χ3v) is 2.13. The summed E-state index contributed by atoms with van der Waals surface area (Å²) in [5.74, 6) is 0. The average molecular weight is 127 g/mol. The van der Waals surface area contributed by atoms with Crippen LogP contribution in [0.25, 0.3) is 0 Å². The topological polar surface area (TPSA) is 29.5 Å². The minimum atomic E-state index is 0.404. The van der Waals surface area contributed by atoms with E-state index in [-0.39, 0.29) is 0 Å². The van der Waals surface area contributed by atoms with Crippen molar-refractivity contribution in [2.45, 2.75) is 18.5 Å². The molecule has 2 atom stereocenters. The Balaban J connectivity index is 2.04. The molecule has 3 heterocycles. The molecule has 0 spiro atoms. The number of ether oxygens (including phenoxy) is 1. The molecule has 3 fully saturated rings. The molecule has 0 N–H and O–H groups in total. The lowest BCUT2D eigenvalue weighted by Gasteiger charge is -2.50. The van der Waals surface area contributed by atoms with Crippen molar-refractivity contribution in [2.75, 3.05) is 13.2 Å². The predicted octanol–water partition coefficient (Wildman–Crippen LogP) is -0.384. The normalized spacial score (nSPS) is 39.8. The first kappa shape index (κ1) is 5.23. The largest absolute Gasteiger partial charge is 0.377 e. The van der Waals surface area contributed by atoms with Crippen LogP contribution in [0.4, 0.5) is 0 Å². The number of carbonyl (C=O) groups is 1. The molecule has 2 unspecified atom stereocenters. The molecule has 0 saturated carbocycles. The SMILES string of the molecule is O=CN1C2COCC1C2. The zero-order valence-corrected chi connectivity index (χ0v) is 5.12. The Bertz CT molecular complexity index is 123. The minimum absolute atomic E-state index is 0.404. The van der Waals surface area contributed by atoms with Crippen molar-refractivity contribution in [1.82, 2.24) is 4.90 Å². The fourth-order valence-corrected chi connectivity index (χ4v) is 1.54. The molecule has 0 aromatic carbocycles. The molecule has 9 heavy (non-hydrogen) atoms. The van der Waals surface area contributed by atoms with E-state index in [4.69, 9.17) is 4.74 Å². The fraction of sp³-hybridized carbons (Fsp3) is 0.833. The van der Waals surface area contributed by atoms with Crippen LogP contribution >= 0.6 is 0 Å². The zero-order chi connectivity index (χ0) is 6.27. The molecule has 3 aliphatic heterocycles. The second-order valence-corrected chi connectivity index (χ2v) is 2.63. The van der Waals surface area contributed by atoms with Gasteiger partial charge < -0.3 is 9.64 Å². The lowest BCUT2D eigenvalue weighted by molar-refractivity contribution is -0.153. The Kier molecular flexibility index (Phi) is 0.990. The highest BCUT2D eigenvalue weighted by Crippen LogP contribution is 2.28. The summed E-state index contributed by atoms with van der Waals surface area (Å²) in [6, 6.07) is 0.808. The van der Waals surface area contributed by atoms with Crippen molar-refractivity contribution in [2.24, 2.45) is 0 Å². The quantitative estimate of drug-likeness (QED) is 0.449. The molecule has 3 aliphatic rings. The number of amides is 1. The molecule has 3 heteroatoms. The Morgan fingerprint density at radius 2 is 2.11 bits per heavy atom. The Morgan fingerprint density at radius 1 is 1.44 bits per heavy atom. The second-order valence-electron chi connectivity index (χ2n) is 2.63. The van der Waals surface area contributed by atoms with Gasteiger partial charge in [0.2, 0.25) is 6.41 Å². The fourth-order valence-electron chi connectivity index (χ4n) is 1.54. The van der Waals surface area contributed by atoms with Crippen LogP contribution < -0.4 is 0 Å². The standard InChI is InChI=1S/C6H9NO2/c8-4-7-5-1-6(7)3-9-2-5/h4-6H,1-3H2. The van der Waals surface area contributed by atoms with E-state index in [0.29, 0.717) is 12.1 Å². The van der Waals surface area contributed by atoms with Crippen molar-refractivity contribution >= 4 is 6.41 Å². The van der Waals surface area contributed by atoms with Crippen LogP contribution in [0.5, 0.6) is 0 Å². The number of hydrogen-bond acceptors (Lipinski definition) is 2. The first-order chi connectivity index (χ1) is 4.42. The molecule has 3 nitrogen and oxygen atoms in total. The van der Waals surface area contributed by atoms with Gasteiger partial charge in [0.25, 0.3) is 0 Å². The number of carbonyl (C=O) groups excluding carboxylic acids is 1. The maximum atomic E-state index is 10.3. The van der Waals surface area contributed by atoms with Gasteiger partial charge in [-0.3, -0.25) is 4.79 Å². The van der Waals surface area contributed by atoms with Crippen molar-refractivity contribution in [1.29, 1.82) is 0 Å². The van der Waals surface area contributed by atoms with Crippen LogP contribution in [-0.4, -0.2) is 36.6 Å². The summed E-state index contributed by atoms with van der Waals surface area (Å²) in [4.78, 5) is 12.1. The van der Waals surface area contributed by atoms with Gasteiger partial charge >= 0.3 is 0 Å². The number of hydrogen-bond donors (Lipinski definition) is 0. The van der Waals surface area contributed by atoms with Gasteiger partial charge in [-0.15, -0.1) is 0 Å². The number of rotatable bonds is 1. The third-order valence-electron chi connectivity index (χ3n) is 2.13. The highest BCUT2D eigenvalue weighted by Gasteiger charge is 2.41. The molecule has 0 aromatic rings. The molecule has 3 saturated heterocycles. The first-order valence-electron chi connectivity index (χ1n) is 3.22. The lowest BCUT2D eigenvalue weighted by Crippen LogP contribution is -2.62. The predicted molar refractivity (Wildman–Crippen MR) is 30.9 cm³/mol. The molecular weight excluding hydrogens is 118 g/mol. The van der Waals surface area contributed by atoms with E-state index >= 15 is 0 Å². The van der Waals surface area contributed by atoms with E-state index in [9.17, 15) is 4.79 Å². The Labute approximate surface area is 53.6 Å². The minimum Gasteiger partial charge on any atom is -0.377 e. The van der Waals surface area contributed by atoms with E-state index in [2.05, 4.69) is 0 Å². The van der Waals surface area contributed by atoms with Gasteiger partial charge in [0.05, 0.1) is 25.3 Å². The molecule has 0 aromatic heterocycles. The van der Waals surface area contributed by atoms with Crippen LogP contribution in [0, 0.1) is 0 Å². The van der Waals surface area contributed by atoms with Crippen molar-refractivity contribution in [3.63, 3.8) is 0 Å². The molecule has 3 rings (SSSR count). The van der Waals surface area contributed by atoms with Gasteiger partial charge in [-0.05, 0) is 6.42 Å². The monoisotopic (exact) mass is 127 g/mol. The van der Waals surface area contributed by atoms with Crippen LogP contribution in [0.2, 0.25) is 0 Å². The van der Waals surface area contributed by atoms with Gasteiger partial charge in [-0.2, -0.15) is 0 Å². The lowest BCUT2D eigenvalue weighted by atomic mass is 9.93. The van der Waals surface area contributed by atoms with Gasteiger partial charge in [0.15, 0.2) is 0 Å². The number of nitrogens with zero attached hydrogens (tertiary/aromatic N) is 1. The van der Waals surface area contributed by atoms with Crippen molar-refractivity contribution in [3.05, 3.63) is 0 Å². The average Bonchev–Trinajstić information content (AvgIpc) is 1.90. The molecular formula is C6H9NO2. The van der Waals surface area contributed by atoms with Crippen molar-refractivity contribution < 1.29 is 9.53 Å². The summed E-state index contributed by atoms with van der Waals surface area (Å²) in [5.41, 5.74) is 0. The van der Waals surface area contributed by atoms with Gasteiger partial charge in [-0.1, -0.05) is 0 Å². The summed E-state index contributed by atoms with van der Waals surface area (Å²) in [6.45, 7) is 1.49. The maximum Gasteiger partial charge on any atom is 0.210 e. The number of fused-ring (bicyclic) bond motifs is 2. The summed E-state index contributed by atoms with van der Waals surface area (Å²) in [7, 11) is 0. The van der Waals surface area contributed by atoms with E-state index in [1.165, 1.54) is 0 Å². The zero-order valence-electron chi connectivity index (χ0n) is 5.12. The highest BCUT2D eigenvalue weighted by molar-refractivity contribution is 5.51. The van der Waals surface area contributed by atoms with Crippen LogP contribution in [0.1, 0.15) is 6.42 Å². The molecule has 50 valence electrons. The molecule has 0 radical (unpaired) electrons. The summed E-state index contributed by atoms with van der Waals surface area (Å²) < 4.78 is 5.16. The van der Waals surface area contributed by atoms with Crippen LogP contribution in [0.3, 0.4) is 0 Å². The number of morpholine rings is 1. The molecule has 1 amide bonds. The van der Waals surface area contributed by atoms with E-state index < -0.39 is 0 Å². The van der Waals surface area contributed by atoms with Crippen LogP contribution in [0.15, 0.2) is 0 Å². The summed E-state index contributed by atoms with van der Waals surface area (Å²) in [6.07, 6.45) is 2.08. The summed E-state index contributed by atoms with van der Waals surface area (Å²) in [5, 5.41) is 0.